The number of hydrogen-bond acceptors (Lipinski definition) is 2. The first-order valence-corrected chi connectivity index (χ1v) is 5.78. The second-order valence-electron chi connectivity index (χ2n) is 3.91. The average Bonchev–Trinajstić information content (AvgIpc) is 2.72. The van der Waals surface area contributed by atoms with Crippen LogP contribution in [0.25, 0.3) is 0 Å². The molecular weight excluding hydrogens is 226 g/mol. The normalized spacial score (nSPS) is 15.1. The van der Waals surface area contributed by atoms with Crippen molar-refractivity contribution in [1.82, 2.24) is 5.32 Å². The second-order valence-corrected chi connectivity index (χ2v) is 4.66. The molecule has 1 atom stereocenters. The van der Waals surface area contributed by atoms with Crippen LogP contribution in [0.5, 0.6) is 5.75 Å². The highest BCUT2D eigenvalue weighted by atomic mass is 35.5. The molecule has 1 N–H and O–H groups in total. The Hall–Kier alpha value is -1.22. The first-order chi connectivity index (χ1) is 7.66. The van der Waals surface area contributed by atoms with E-state index in [0.717, 1.165) is 17.7 Å². The number of benzene rings is 1. The van der Waals surface area contributed by atoms with Gasteiger partial charge in [0.25, 0.3) is 5.91 Å². The van der Waals surface area contributed by atoms with Crippen molar-refractivity contribution < 1.29 is 9.53 Å². The van der Waals surface area contributed by atoms with Crippen molar-refractivity contribution in [3.05, 3.63) is 29.3 Å². The maximum absolute atomic E-state index is 11.7. The Morgan fingerprint density at radius 3 is 3.19 bits per heavy atom. The van der Waals surface area contributed by atoms with Gasteiger partial charge in [0.05, 0.1) is 6.61 Å². The van der Waals surface area contributed by atoms with Gasteiger partial charge in [-0.15, -0.1) is 11.6 Å². The molecule has 0 bridgehead atoms. The molecule has 86 valence electrons. The minimum Gasteiger partial charge on any atom is -0.493 e. The summed E-state index contributed by atoms with van der Waals surface area (Å²) < 4.78 is 5.38. The van der Waals surface area contributed by atoms with E-state index in [1.165, 1.54) is 0 Å². The van der Waals surface area contributed by atoms with E-state index < -0.39 is 0 Å². The van der Waals surface area contributed by atoms with Crippen molar-refractivity contribution in [1.29, 1.82) is 0 Å². The predicted molar refractivity (Wildman–Crippen MR) is 63.3 cm³/mol. The van der Waals surface area contributed by atoms with E-state index in [4.69, 9.17) is 16.3 Å². The van der Waals surface area contributed by atoms with Crippen molar-refractivity contribution in [2.24, 2.45) is 0 Å². The molecular formula is C12H14ClNO2. The van der Waals surface area contributed by atoms with Crippen LogP contribution in [-0.2, 0) is 6.42 Å². The molecule has 0 saturated carbocycles. The lowest BCUT2D eigenvalue weighted by Crippen LogP contribution is -2.28. The summed E-state index contributed by atoms with van der Waals surface area (Å²) in [6.45, 7) is 3.03. The molecule has 1 aromatic carbocycles. The highest BCUT2D eigenvalue weighted by Gasteiger charge is 2.14. The van der Waals surface area contributed by atoms with Crippen molar-refractivity contribution in [2.45, 2.75) is 18.7 Å². The summed E-state index contributed by atoms with van der Waals surface area (Å²) in [5.41, 5.74) is 1.77. The Kier molecular flexibility index (Phi) is 3.34. The lowest BCUT2D eigenvalue weighted by molar-refractivity contribution is 0.0954. The monoisotopic (exact) mass is 239 g/mol. The van der Waals surface area contributed by atoms with Gasteiger partial charge in [0, 0.05) is 23.9 Å². The number of fused-ring (bicyclic) bond motifs is 1. The third kappa shape index (κ3) is 2.47. The summed E-state index contributed by atoms with van der Waals surface area (Å²) in [6.07, 6.45) is 0.877. The van der Waals surface area contributed by atoms with Crippen LogP contribution in [-0.4, -0.2) is 24.4 Å². The van der Waals surface area contributed by atoms with Gasteiger partial charge in [0.1, 0.15) is 5.75 Å². The van der Waals surface area contributed by atoms with Crippen LogP contribution in [0.15, 0.2) is 18.2 Å². The Labute approximate surface area is 99.7 Å². The average molecular weight is 240 g/mol. The third-order valence-electron chi connectivity index (χ3n) is 2.50. The van der Waals surface area contributed by atoms with E-state index in [9.17, 15) is 4.79 Å². The summed E-state index contributed by atoms with van der Waals surface area (Å²) >= 11 is 5.77. The Balaban J connectivity index is 2.06. The van der Waals surface area contributed by atoms with E-state index in [1.54, 1.807) is 6.07 Å². The summed E-state index contributed by atoms with van der Waals surface area (Å²) in [6, 6.07) is 5.51. The van der Waals surface area contributed by atoms with E-state index >= 15 is 0 Å². The fraction of sp³-hybridized carbons (Fsp3) is 0.417. The number of alkyl halides is 1. The molecule has 3 nitrogen and oxygen atoms in total. The highest BCUT2D eigenvalue weighted by molar-refractivity contribution is 6.20. The van der Waals surface area contributed by atoms with E-state index in [-0.39, 0.29) is 11.3 Å². The molecule has 0 radical (unpaired) electrons. The van der Waals surface area contributed by atoms with Crippen LogP contribution >= 0.6 is 11.6 Å². The van der Waals surface area contributed by atoms with Crippen molar-refractivity contribution in [3.63, 3.8) is 0 Å². The first kappa shape index (κ1) is 11.3. The van der Waals surface area contributed by atoms with Crippen molar-refractivity contribution in [3.8, 4) is 5.75 Å². The molecule has 0 saturated heterocycles. The van der Waals surface area contributed by atoms with Crippen molar-refractivity contribution >= 4 is 17.5 Å². The maximum Gasteiger partial charge on any atom is 0.251 e. The lowest BCUT2D eigenvalue weighted by atomic mass is 10.1. The molecule has 1 heterocycles. The second kappa shape index (κ2) is 4.74. The summed E-state index contributed by atoms with van der Waals surface area (Å²) in [5, 5.41) is 2.72. The topological polar surface area (TPSA) is 38.3 Å². The summed E-state index contributed by atoms with van der Waals surface area (Å²) in [4.78, 5) is 11.7. The van der Waals surface area contributed by atoms with E-state index in [1.807, 2.05) is 19.1 Å². The van der Waals surface area contributed by atoms with Crippen LogP contribution in [0.2, 0.25) is 0 Å². The van der Waals surface area contributed by atoms with Gasteiger partial charge in [-0.1, -0.05) is 0 Å². The van der Waals surface area contributed by atoms with Gasteiger partial charge in [-0.05, 0) is 30.7 Å². The molecule has 1 aromatic rings. The molecule has 0 fully saturated rings. The number of ether oxygens (including phenoxy) is 1. The summed E-state index contributed by atoms with van der Waals surface area (Å²) in [7, 11) is 0. The van der Waals surface area contributed by atoms with E-state index in [2.05, 4.69) is 5.32 Å². The predicted octanol–water partition coefficient (Wildman–Crippen LogP) is 1.98. The first-order valence-electron chi connectivity index (χ1n) is 5.35. The van der Waals surface area contributed by atoms with E-state index in [0.29, 0.717) is 18.7 Å². The number of carbonyl (C=O) groups excluding carboxylic acids is 1. The van der Waals surface area contributed by atoms with Gasteiger partial charge in [-0.25, -0.2) is 0 Å². The van der Waals surface area contributed by atoms with Crippen LogP contribution in [0.1, 0.15) is 22.8 Å². The Bertz CT molecular complexity index is 404. The Morgan fingerprint density at radius 2 is 2.44 bits per heavy atom. The highest BCUT2D eigenvalue weighted by Crippen LogP contribution is 2.25. The largest absolute Gasteiger partial charge is 0.493 e. The van der Waals surface area contributed by atoms with Gasteiger partial charge in [0.2, 0.25) is 0 Å². The quantitative estimate of drug-likeness (QED) is 0.820. The van der Waals surface area contributed by atoms with Crippen LogP contribution in [0.4, 0.5) is 0 Å². The molecule has 0 aliphatic carbocycles. The standard InChI is InChI=1S/C12H14ClNO2/c1-8(13)7-14-12(15)10-2-3-11-9(6-10)4-5-16-11/h2-3,6,8H,4-5,7H2,1H3,(H,14,15). The Morgan fingerprint density at radius 1 is 1.62 bits per heavy atom. The zero-order valence-corrected chi connectivity index (χ0v) is 9.88. The minimum absolute atomic E-state index is 0.0540. The minimum atomic E-state index is -0.0813. The van der Waals surface area contributed by atoms with Crippen LogP contribution in [0.3, 0.4) is 0 Å². The number of carbonyl (C=O) groups is 1. The zero-order valence-electron chi connectivity index (χ0n) is 9.13. The molecule has 4 heteroatoms. The van der Waals surface area contributed by atoms with Crippen LogP contribution < -0.4 is 10.1 Å². The van der Waals surface area contributed by atoms with Gasteiger partial charge >= 0.3 is 0 Å². The number of amides is 1. The SMILES string of the molecule is CC(Cl)CNC(=O)c1ccc2c(c1)CCO2. The molecule has 1 aliphatic heterocycles. The molecule has 0 aromatic heterocycles. The molecule has 16 heavy (non-hydrogen) atoms. The number of halogens is 1. The fourth-order valence-corrected chi connectivity index (χ4v) is 1.74. The van der Waals surface area contributed by atoms with Gasteiger partial charge in [0.15, 0.2) is 0 Å². The number of rotatable bonds is 3. The van der Waals surface area contributed by atoms with Gasteiger partial charge < -0.3 is 10.1 Å². The van der Waals surface area contributed by atoms with Gasteiger partial charge in [-0.2, -0.15) is 0 Å². The summed E-state index contributed by atoms with van der Waals surface area (Å²) in [5.74, 6) is 0.810. The zero-order chi connectivity index (χ0) is 11.5. The number of hydrogen-bond donors (Lipinski definition) is 1. The molecule has 0 spiro atoms. The number of nitrogens with one attached hydrogen (secondary N) is 1. The third-order valence-corrected chi connectivity index (χ3v) is 2.65. The maximum atomic E-state index is 11.7. The molecule has 2 rings (SSSR count). The van der Waals surface area contributed by atoms with Crippen molar-refractivity contribution in [2.75, 3.05) is 13.2 Å². The van der Waals surface area contributed by atoms with Crippen LogP contribution in [0, 0.1) is 0 Å². The molecule has 1 unspecified atom stereocenters. The fourth-order valence-electron chi connectivity index (χ4n) is 1.66. The molecule has 1 amide bonds. The lowest BCUT2D eigenvalue weighted by Gasteiger charge is -2.07. The van der Waals surface area contributed by atoms with Gasteiger partial charge in [-0.3, -0.25) is 4.79 Å². The molecule has 1 aliphatic rings. The smallest absolute Gasteiger partial charge is 0.251 e.